The van der Waals surface area contributed by atoms with Crippen LogP contribution in [0.1, 0.15) is 12.0 Å². The number of H-pyrrole nitrogens is 1. The number of fused-ring (bicyclic) bond motifs is 2. The van der Waals surface area contributed by atoms with Crippen LogP contribution in [0, 0.1) is 0 Å². The standard InChI is InChI=1S/C22H22N6O/c29-14-15-6-9-28(10-7-15)21-4-3-18-22(27-21)26-20(13-24-18)25-12-16-1-2-17-5-8-23-19(17)11-16/h1-6,8,11,13,23,29H,7,9-10,12,14H2,(H,25,26,27). The molecule has 4 aromatic rings. The molecule has 29 heavy (non-hydrogen) atoms. The van der Waals surface area contributed by atoms with Gasteiger partial charge in [-0.05, 0) is 47.2 Å². The molecule has 0 saturated carbocycles. The Labute approximate surface area is 168 Å². The van der Waals surface area contributed by atoms with Gasteiger partial charge in [0.05, 0.1) is 12.8 Å². The quantitative estimate of drug-likeness (QED) is 0.456. The number of nitrogens with zero attached hydrogens (tertiary/aromatic N) is 4. The van der Waals surface area contributed by atoms with Gasteiger partial charge in [-0.25, -0.2) is 15.0 Å². The van der Waals surface area contributed by atoms with E-state index in [9.17, 15) is 5.11 Å². The summed E-state index contributed by atoms with van der Waals surface area (Å²) in [4.78, 5) is 19.3. The summed E-state index contributed by atoms with van der Waals surface area (Å²) in [5.41, 5.74) is 4.79. The Morgan fingerprint density at radius 2 is 2.10 bits per heavy atom. The summed E-state index contributed by atoms with van der Waals surface area (Å²) < 4.78 is 0. The molecule has 0 atom stereocenters. The predicted molar refractivity (Wildman–Crippen MR) is 115 cm³/mol. The summed E-state index contributed by atoms with van der Waals surface area (Å²) in [5, 5.41) is 13.8. The molecule has 0 bridgehead atoms. The Kier molecular flexibility index (Phi) is 4.57. The lowest BCUT2D eigenvalue weighted by molar-refractivity contribution is 0.325. The van der Waals surface area contributed by atoms with Crippen molar-refractivity contribution in [1.82, 2.24) is 19.9 Å². The molecule has 1 aromatic carbocycles. The molecule has 0 saturated heterocycles. The van der Waals surface area contributed by atoms with Crippen molar-refractivity contribution in [3.05, 3.63) is 66.0 Å². The smallest absolute Gasteiger partial charge is 0.182 e. The lowest BCUT2D eigenvalue weighted by atomic mass is 10.1. The molecule has 3 aromatic heterocycles. The highest BCUT2D eigenvalue weighted by Gasteiger charge is 2.14. The molecule has 0 amide bonds. The van der Waals surface area contributed by atoms with Crippen LogP contribution in [0.25, 0.3) is 22.1 Å². The molecule has 0 spiro atoms. The number of aromatic nitrogens is 4. The molecule has 7 nitrogen and oxygen atoms in total. The molecule has 7 heteroatoms. The van der Waals surface area contributed by atoms with Gasteiger partial charge in [0.1, 0.15) is 17.2 Å². The highest BCUT2D eigenvalue weighted by atomic mass is 16.3. The molecule has 0 radical (unpaired) electrons. The Morgan fingerprint density at radius 1 is 1.14 bits per heavy atom. The van der Waals surface area contributed by atoms with Crippen LogP contribution < -0.4 is 10.2 Å². The average molecular weight is 386 g/mol. The number of anilines is 2. The Morgan fingerprint density at radius 3 is 2.97 bits per heavy atom. The van der Waals surface area contributed by atoms with Crippen LogP contribution in [0.2, 0.25) is 0 Å². The lowest BCUT2D eigenvalue weighted by Gasteiger charge is -2.26. The fourth-order valence-electron chi connectivity index (χ4n) is 3.61. The van der Waals surface area contributed by atoms with E-state index in [1.54, 1.807) is 6.20 Å². The first kappa shape index (κ1) is 17.6. The number of nitrogens with one attached hydrogen (secondary N) is 2. The van der Waals surface area contributed by atoms with Gasteiger partial charge in [-0.15, -0.1) is 0 Å². The van der Waals surface area contributed by atoms with Crippen LogP contribution in [-0.2, 0) is 6.54 Å². The summed E-state index contributed by atoms with van der Waals surface area (Å²) in [6.45, 7) is 2.39. The van der Waals surface area contributed by atoms with E-state index in [4.69, 9.17) is 4.98 Å². The van der Waals surface area contributed by atoms with Crippen molar-refractivity contribution in [2.75, 3.05) is 29.9 Å². The molecule has 3 N–H and O–H groups in total. The van der Waals surface area contributed by atoms with E-state index in [1.165, 1.54) is 10.9 Å². The van der Waals surface area contributed by atoms with Crippen LogP contribution in [0.15, 0.2) is 60.4 Å². The number of benzene rings is 1. The van der Waals surface area contributed by atoms with Crippen molar-refractivity contribution in [1.29, 1.82) is 0 Å². The Hall–Kier alpha value is -3.45. The first-order valence-corrected chi connectivity index (χ1v) is 9.76. The zero-order valence-electron chi connectivity index (χ0n) is 16.0. The second-order valence-corrected chi connectivity index (χ2v) is 7.24. The van der Waals surface area contributed by atoms with E-state index < -0.39 is 0 Å². The van der Waals surface area contributed by atoms with Gasteiger partial charge >= 0.3 is 0 Å². The minimum atomic E-state index is 0.135. The van der Waals surface area contributed by atoms with Gasteiger partial charge in [0, 0.05) is 31.3 Å². The zero-order valence-corrected chi connectivity index (χ0v) is 16.0. The van der Waals surface area contributed by atoms with Gasteiger partial charge < -0.3 is 20.3 Å². The molecule has 0 fully saturated rings. The van der Waals surface area contributed by atoms with Crippen LogP contribution >= 0.6 is 0 Å². The number of rotatable bonds is 5. The van der Waals surface area contributed by atoms with Crippen molar-refractivity contribution < 1.29 is 5.11 Å². The third kappa shape index (κ3) is 3.64. The fraction of sp³-hybridized carbons (Fsp3) is 0.227. The van der Waals surface area contributed by atoms with Crippen LogP contribution in [0.3, 0.4) is 0 Å². The van der Waals surface area contributed by atoms with Gasteiger partial charge in [0.15, 0.2) is 5.65 Å². The summed E-state index contributed by atoms with van der Waals surface area (Å²) in [7, 11) is 0. The maximum Gasteiger partial charge on any atom is 0.182 e. The van der Waals surface area contributed by atoms with Crippen molar-refractivity contribution in [3.63, 3.8) is 0 Å². The molecule has 4 heterocycles. The van der Waals surface area contributed by atoms with Gasteiger partial charge in [0.25, 0.3) is 0 Å². The highest BCUT2D eigenvalue weighted by Crippen LogP contribution is 2.21. The van der Waals surface area contributed by atoms with Crippen molar-refractivity contribution in [3.8, 4) is 0 Å². The normalized spacial score (nSPS) is 14.4. The maximum atomic E-state index is 9.26. The maximum absolute atomic E-state index is 9.26. The van der Waals surface area contributed by atoms with Gasteiger partial charge in [-0.1, -0.05) is 18.2 Å². The molecule has 0 aliphatic carbocycles. The number of aliphatic hydroxyl groups excluding tert-OH is 1. The largest absolute Gasteiger partial charge is 0.392 e. The number of aromatic amines is 1. The van der Waals surface area contributed by atoms with Gasteiger partial charge in [-0.2, -0.15) is 0 Å². The van der Waals surface area contributed by atoms with Crippen molar-refractivity contribution in [2.24, 2.45) is 0 Å². The van der Waals surface area contributed by atoms with Gasteiger partial charge in [-0.3, -0.25) is 0 Å². The fourth-order valence-corrected chi connectivity index (χ4v) is 3.61. The number of hydrogen-bond acceptors (Lipinski definition) is 6. The van der Waals surface area contributed by atoms with Crippen molar-refractivity contribution in [2.45, 2.75) is 13.0 Å². The molecule has 5 rings (SSSR count). The predicted octanol–water partition coefficient (Wildman–Crippen LogP) is 3.25. The minimum absolute atomic E-state index is 0.135. The molecular formula is C22H22N6O. The summed E-state index contributed by atoms with van der Waals surface area (Å²) in [6, 6.07) is 12.4. The topological polar surface area (TPSA) is 90.0 Å². The first-order chi connectivity index (χ1) is 14.3. The number of hydrogen-bond donors (Lipinski definition) is 3. The third-order valence-electron chi connectivity index (χ3n) is 5.32. The van der Waals surface area contributed by atoms with Gasteiger partial charge in [0.2, 0.25) is 0 Å². The highest BCUT2D eigenvalue weighted by molar-refractivity contribution is 5.80. The second-order valence-electron chi connectivity index (χ2n) is 7.24. The number of pyridine rings is 1. The molecular weight excluding hydrogens is 364 g/mol. The average Bonchev–Trinajstić information content (AvgIpc) is 3.25. The molecule has 146 valence electrons. The van der Waals surface area contributed by atoms with E-state index >= 15 is 0 Å². The van der Waals surface area contributed by atoms with E-state index in [0.29, 0.717) is 18.0 Å². The monoisotopic (exact) mass is 386 g/mol. The summed E-state index contributed by atoms with van der Waals surface area (Å²) in [6.07, 6.45) is 6.62. The minimum Gasteiger partial charge on any atom is -0.392 e. The lowest BCUT2D eigenvalue weighted by Crippen LogP contribution is -2.29. The zero-order chi connectivity index (χ0) is 19.6. The Bertz CT molecular complexity index is 1200. The molecule has 1 aliphatic rings. The second kappa shape index (κ2) is 7.52. The van der Waals surface area contributed by atoms with E-state index in [1.807, 2.05) is 18.3 Å². The number of aliphatic hydroxyl groups is 1. The van der Waals surface area contributed by atoms with E-state index in [2.05, 4.69) is 55.5 Å². The summed E-state index contributed by atoms with van der Waals surface area (Å²) >= 11 is 0. The Balaban J connectivity index is 1.34. The summed E-state index contributed by atoms with van der Waals surface area (Å²) in [5.74, 6) is 1.59. The first-order valence-electron chi connectivity index (χ1n) is 9.76. The van der Waals surface area contributed by atoms with E-state index in [0.717, 1.165) is 41.9 Å². The van der Waals surface area contributed by atoms with Crippen molar-refractivity contribution >= 4 is 33.7 Å². The van der Waals surface area contributed by atoms with Crippen LogP contribution in [-0.4, -0.2) is 44.7 Å². The van der Waals surface area contributed by atoms with Crippen LogP contribution in [0.5, 0.6) is 0 Å². The van der Waals surface area contributed by atoms with E-state index in [-0.39, 0.29) is 6.61 Å². The molecule has 0 unspecified atom stereocenters. The third-order valence-corrected chi connectivity index (χ3v) is 5.32. The molecule has 1 aliphatic heterocycles. The van der Waals surface area contributed by atoms with Crippen LogP contribution in [0.4, 0.5) is 11.6 Å². The SMILES string of the molecule is OCC1=CCN(c2ccc3ncc(NCc4ccc5cc[nH]c5c4)nc3n2)CC1.